The Balaban J connectivity index is 2.62. The molecular formula is C15H24FNO. The number of rotatable bonds is 8. The summed E-state index contributed by atoms with van der Waals surface area (Å²) in [5, 5.41) is 13.0. The summed E-state index contributed by atoms with van der Waals surface area (Å²) in [4.78, 5) is 0. The number of nitrogens with one attached hydrogen (secondary N) is 1. The molecule has 0 saturated carbocycles. The maximum Gasteiger partial charge on any atom is 0.123 e. The van der Waals surface area contributed by atoms with Gasteiger partial charge in [-0.2, -0.15) is 0 Å². The quantitative estimate of drug-likeness (QED) is 0.744. The third-order valence-corrected chi connectivity index (χ3v) is 3.19. The molecule has 0 saturated heterocycles. The summed E-state index contributed by atoms with van der Waals surface area (Å²) in [7, 11) is 0. The summed E-state index contributed by atoms with van der Waals surface area (Å²) in [6.07, 6.45) is 3.71. The van der Waals surface area contributed by atoms with Crippen molar-refractivity contribution in [3.05, 3.63) is 35.6 Å². The predicted octanol–water partition coefficient (Wildman–Crippen LogP) is 3.42. The van der Waals surface area contributed by atoms with Gasteiger partial charge in [0.25, 0.3) is 0 Å². The summed E-state index contributed by atoms with van der Waals surface area (Å²) in [5.41, 5.74) is 1.09. The fourth-order valence-electron chi connectivity index (χ4n) is 1.91. The van der Waals surface area contributed by atoms with Crippen molar-refractivity contribution >= 4 is 0 Å². The fourth-order valence-corrected chi connectivity index (χ4v) is 1.91. The summed E-state index contributed by atoms with van der Waals surface area (Å²) < 4.78 is 12.9. The lowest BCUT2D eigenvalue weighted by Gasteiger charge is -2.20. The van der Waals surface area contributed by atoms with E-state index in [1.165, 1.54) is 12.1 Å². The SMILES string of the molecule is CCCCC(NCC(O)CC)c1ccc(F)cc1. The predicted molar refractivity (Wildman–Crippen MR) is 73.0 cm³/mol. The molecule has 1 aromatic carbocycles. The average Bonchev–Trinajstić information content (AvgIpc) is 2.40. The van der Waals surface area contributed by atoms with Crippen molar-refractivity contribution in [2.24, 2.45) is 0 Å². The third kappa shape index (κ3) is 5.15. The van der Waals surface area contributed by atoms with Gasteiger partial charge in [0.15, 0.2) is 0 Å². The zero-order valence-corrected chi connectivity index (χ0v) is 11.3. The number of halogens is 1. The minimum Gasteiger partial charge on any atom is -0.392 e. The molecule has 0 aromatic heterocycles. The van der Waals surface area contributed by atoms with Crippen molar-refractivity contribution < 1.29 is 9.50 Å². The van der Waals surface area contributed by atoms with Crippen molar-refractivity contribution in [2.45, 2.75) is 51.7 Å². The van der Waals surface area contributed by atoms with Gasteiger partial charge in [0, 0.05) is 12.6 Å². The number of hydrogen-bond acceptors (Lipinski definition) is 2. The Labute approximate surface area is 109 Å². The fraction of sp³-hybridized carbons (Fsp3) is 0.600. The van der Waals surface area contributed by atoms with Crippen molar-refractivity contribution in [3.63, 3.8) is 0 Å². The van der Waals surface area contributed by atoms with Crippen LogP contribution in [0.5, 0.6) is 0 Å². The number of aliphatic hydroxyl groups excluding tert-OH is 1. The highest BCUT2D eigenvalue weighted by Gasteiger charge is 2.12. The van der Waals surface area contributed by atoms with Crippen LogP contribution < -0.4 is 5.32 Å². The molecule has 102 valence electrons. The van der Waals surface area contributed by atoms with Gasteiger partial charge in [-0.3, -0.25) is 0 Å². The van der Waals surface area contributed by atoms with E-state index in [1.807, 2.05) is 19.1 Å². The van der Waals surface area contributed by atoms with Gasteiger partial charge >= 0.3 is 0 Å². The molecular weight excluding hydrogens is 229 g/mol. The summed E-state index contributed by atoms with van der Waals surface area (Å²) >= 11 is 0. The topological polar surface area (TPSA) is 32.3 Å². The molecule has 0 fully saturated rings. The van der Waals surface area contributed by atoms with Crippen LogP contribution in [0.15, 0.2) is 24.3 Å². The first-order valence-corrected chi connectivity index (χ1v) is 6.84. The molecule has 0 bridgehead atoms. The molecule has 0 aliphatic rings. The van der Waals surface area contributed by atoms with Crippen LogP contribution in [0.1, 0.15) is 51.1 Å². The molecule has 18 heavy (non-hydrogen) atoms. The maximum atomic E-state index is 12.9. The number of hydrogen-bond donors (Lipinski definition) is 2. The molecule has 2 N–H and O–H groups in total. The molecule has 0 heterocycles. The molecule has 3 heteroatoms. The van der Waals surface area contributed by atoms with E-state index >= 15 is 0 Å². The number of unbranched alkanes of at least 4 members (excludes halogenated alkanes) is 1. The Morgan fingerprint density at radius 1 is 1.22 bits per heavy atom. The van der Waals surface area contributed by atoms with Gasteiger partial charge in [-0.15, -0.1) is 0 Å². The van der Waals surface area contributed by atoms with Crippen LogP contribution in [0, 0.1) is 5.82 Å². The van der Waals surface area contributed by atoms with Crippen molar-refractivity contribution in [1.29, 1.82) is 0 Å². The Morgan fingerprint density at radius 2 is 1.89 bits per heavy atom. The minimum atomic E-state index is -0.311. The third-order valence-electron chi connectivity index (χ3n) is 3.19. The van der Waals surface area contributed by atoms with E-state index in [4.69, 9.17) is 0 Å². The average molecular weight is 253 g/mol. The van der Waals surface area contributed by atoms with Crippen LogP contribution in [0.2, 0.25) is 0 Å². The molecule has 2 atom stereocenters. The van der Waals surface area contributed by atoms with E-state index in [-0.39, 0.29) is 18.0 Å². The molecule has 2 nitrogen and oxygen atoms in total. The minimum absolute atomic E-state index is 0.201. The van der Waals surface area contributed by atoms with Gasteiger partial charge in [-0.25, -0.2) is 4.39 Å². The van der Waals surface area contributed by atoms with E-state index in [0.717, 1.165) is 31.2 Å². The Morgan fingerprint density at radius 3 is 2.44 bits per heavy atom. The Bertz CT molecular complexity index is 326. The molecule has 0 spiro atoms. The van der Waals surface area contributed by atoms with Crippen LogP contribution in [-0.4, -0.2) is 17.8 Å². The normalized spacial score (nSPS) is 14.4. The van der Waals surface area contributed by atoms with Crippen molar-refractivity contribution in [3.8, 4) is 0 Å². The molecule has 1 rings (SSSR count). The first kappa shape index (κ1) is 15.1. The molecule has 2 unspecified atom stereocenters. The van der Waals surface area contributed by atoms with Crippen LogP contribution in [0.25, 0.3) is 0 Å². The second kappa shape index (κ2) is 8.22. The lowest BCUT2D eigenvalue weighted by molar-refractivity contribution is 0.162. The van der Waals surface area contributed by atoms with Crippen LogP contribution >= 0.6 is 0 Å². The van der Waals surface area contributed by atoms with Crippen LogP contribution in [-0.2, 0) is 0 Å². The second-order valence-corrected chi connectivity index (χ2v) is 4.72. The summed E-state index contributed by atoms with van der Waals surface area (Å²) in [6, 6.07) is 6.83. The van der Waals surface area contributed by atoms with Crippen molar-refractivity contribution in [2.75, 3.05) is 6.54 Å². The summed E-state index contributed by atoms with van der Waals surface area (Å²) in [6.45, 7) is 4.70. The number of aliphatic hydroxyl groups is 1. The zero-order valence-electron chi connectivity index (χ0n) is 11.3. The van der Waals surface area contributed by atoms with Gasteiger partial charge < -0.3 is 10.4 Å². The van der Waals surface area contributed by atoms with Gasteiger partial charge in [-0.05, 0) is 30.5 Å². The lowest BCUT2D eigenvalue weighted by atomic mass is 10.0. The van der Waals surface area contributed by atoms with E-state index in [1.54, 1.807) is 0 Å². The van der Waals surface area contributed by atoms with E-state index in [9.17, 15) is 9.50 Å². The number of benzene rings is 1. The Kier molecular flexibility index (Phi) is 6.91. The second-order valence-electron chi connectivity index (χ2n) is 4.72. The molecule has 0 aliphatic carbocycles. The molecule has 1 aromatic rings. The van der Waals surface area contributed by atoms with E-state index in [2.05, 4.69) is 12.2 Å². The highest BCUT2D eigenvalue weighted by atomic mass is 19.1. The van der Waals surface area contributed by atoms with Gasteiger partial charge in [0.05, 0.1) is 6.10 Å². The monoisotopic (exact) mass is 253 g/mol. The largest absolute Gasteiger partial charge is 0.392 e. The molecule has 0 aliphatic heterocycles. The first-order chi connectivity index (χ1) is 8.67. The lowest BCUT2D eigenvalue weighted by Crippen LogP contribution is -2.30. The maximum absolute atomic E-state index is 12.9. The van der Waals surface area contributed by atoms with E-state index in [0.29, 0.717) is 6.54 Å². The van der Waals surface area contributed by atoms with Gasteiger partial charge in [0.1, 0.15) is 5.82 Å². The van der Waals surface area contributed by atoms with Gasteiger partial charge in [0.2, 0.25) is 0 Å². The highest BCUT2D eigenvalue weighted by Crippen LogP contribution is 2.19. The van der Waals surface area contributed by atoms with E-state index < -0.39 is 0 Å². The standard InChI is InChI=1S/C15H24FNO/c1-3-5-6-15(17-11-14(18)4-2)12-7-9-13(16)10-8-12/h7-10,14-15,17-18H,3-6,11H2,1-2H3. The first-order valence-electron chi connectivity index (χ1n) is 6.84. The van der Waals surface area contributed by atoms with Gasteiger partial charge in [-0.1, -0.05) is 38.8 Å². The van der Waals surface area contributed by atoms with Crippen molar-refractivity contribution in [1.82, 2.24) is 5.32 Å². The molecule has 0 radical (unpaired) electrons. The zero-order chi connectivity index (χ0) is 13.4. The summed E-state index contributed by atoms with van der Waals surface area (Å²) in [5.74, 6) is -0.207. The smallest absolute Gasteiger partial charge is 0.123 e. The highest BCUT2D eigenvalue weighted by molar-refractivity contribution is 5.19. The Hall–Kier alpha value is -0.930. The molecule has 0 amide bonds. The van der Waals surface area contributed by atoms with Crippen LogP contribution in [0.3, 0.4) is 0 Å². The van der Waals surface area contributed by atoms with Crippen LogP contribution in [0.4, 0.5) is 4.39 Å².